The number of carboxylic acids is 1. The molecule has 10 nitrogen and oxygen atoms in total. The summed E-state index contributed by atoms with van der Waals surface area (Å²) in [5.74, 6) is -1.09. The molecule has 4 rings (SSSR count). The molecule has 0 aliphatic carbocycles. The number of carbonyl (C=O) groups is 3. The molecule has 1 aliphatic rings. The Balaban J connectivity index is 1.79. The largest absolute Gasteiger partial charge is 0.478 e. The second-order valence-corrected chi connectivity index (χ2v) is 10.9. The normalized spacial score (nSPS) is 16.3. The maximum Gasteiger partial charge on any atom is 0.410 e. The average Bonchev–Trinajstić information content (AvgIpc) is 2.98. The number of amides is 2. The Hall–Kier alpha value is -3.95. The molecule has 1 atom stereocenters. The highest BCUT2D eigenvalue weighted by Gasteiger charge is 2.30. The van der Waals surface area contributed by atoms with Gasteiger partial charge in [-0.05, 0) is 90.6 Å². The molecular weight excluding hydrogens is 486 g/mol. The number of aromatic nitrogens is 3. The third kappa shape index (κ3) is 5.95. The second-order valence-electron chi connectivity index (χ2n) is 10.9. The fraction of sp³-hybridized carbons (Fsp3) is 0.464. The summed E-state index contributed by atoms with van der Waals surface area (Å²) in [5.41, 5.74) is 3.31. The number of nitrogens with one attached hydrogen (secondary N) is 1. The van der Waals surface area contributed by atoms with E-state index >= 15 is 0 Å². The van der Waals surface area contributed by atoms with Gasteiger partial charge in [0.15, 0.2) is 0 Å². The van der Waals surface area contributed by atoms with Crippen LogP contribution in [-0.2, 0) is 4.74 Å². The van der Waals surface area contributed by atoms with Gasteiger partial charge in [-0.1, -0.05) is 0 Å². The molecule has 2 aromatic heterocycles. The molecule has 3 heterocycles. The number of likely N-dealkylation sites (tertiary alicyclic amines) is 1. The highest BCUT2D eigenvalue weighted by molar-refractivity contribution is 6.04. The van der Waals surface area contributed by atoms with Crippen molar-refractivity contribution in [1.29, 1.82) is 0 Å². The van der Waals surface area contributed by atoms with Gasteiger partial charge in [-0.2, -0.15) is 0 Å². The molecule has 1 aliphatic heterocycles. The summed E-state index contributed by atoms with van der Waals surface area (Å²) in [6, 6.07) is 6.32. The fourth-order valence-electron chi connectivity index (χ4n) is 4.96. The number of anilines is 1. The molecular formula is C28H35N5O5. The van der Waals surface area contributed by atoms with Gasteiger partial charge in [0.25, 0.3) is 5.91 Å². The van der Waals surface area contributed by atoms with E-state index in [9.17, 15) is 19.5 Å². The SMILES string of the molecule is Cc1cc(C(=O)Nc2nc3cc(C(=O)O)cc(C)c3n2C2CCCCN(C(=O)OC(C)(C)C)C2)cc(C)n1. The lowest BCUT2D eigenvalue weighted by atomic mass is 10.1. The topological polar surface area (TPSA) is 127 Å². The number of ether oxygens (including phenoxy) is 1. The minimum atomic E-state index is -1.05. The molecule has 1 saturated heterocycles. The Labute approximate surface area is 222 Å². The molecule has 0 bridgehead atoms. The Morgan fingerprint density at radius 1 is 1.00 bits per heavy atom. The van der Waals surface area contributed by atoms with Crippen molar-refractivity contribution in [3.63, 3.8) is 0 Å². The van der Waals surface area contributed by atoms with E-state index in [4.69, 9.17) is 4.74 Å². The molecule has 1 aromatic carbocycles. The standard InChI is InChI=1S/C28H35N5O5/c1-16-11-20(25(35)36)14-22-23(16)33(21-9-7-8-10-32(15-21)27(37)38-28(4,5)6)26(30-22)31-24(34)19-12-17(2)29-18(3)13-19/h11-14,21H,7-10,15H2,1-6H3,(H,35,36)(H,30,31,34). The number of benzene rings is 1. The van der Waals surface area contributed by atoms with Crippen molar-refractivity contribution in [2.75, 3.05) is 18.4 Å². The molecule has 38 heavy (non-hydrogen) atoms. The molecule has 10 heteroatoms. The van der Waals surface area contributed by atoms with Crippen molar-refractivity contribution in [3.8, 4) is 0 Å². The van der Waals surface area contributed by atoms with Crippen LogP contribution < -0.4 is 5.32 Å². The third-order valence-corrected chi connectivity index (χ3v) is 6.46. The Bertz CT molecular complexity index is 1380. The molecule has 202 valence electrons. The smallest absolute Gasteiger partial charge is 0.410 e. The van der Waals surface area contributed by atoms with Gasteiger partial charge in [-0.3, -0.25) is 15.1 Å². The minimum Gasteiger partial charge on any atom is -0.478 e. The number of hydrogen-bond acceptors (Lipinski definition) is 6. The predicted molar refractivity (Wildman–Crippen MR) is 144 cm³/mol. The molecule has 0 radical (unpaired) electrons. The number of hydrogen-bond donors (Lipinski definition) is 2. The van der Waals surface area contributed by atoms with Gasteiger partial charge in [0, 0.05) is 30.0 Å². The van der Waals surface area contributed by atoms with Crippen LogP contribution in [-0.4, -0.2) is 61.2 Å². The van der Waals surface area contributed by atoms with E-state index in [0.29, 0.717) is 30.1 Å². The summed E-state index contributed by atoms with van der Waals surface area (Å²) in [4.78, 5) is 48.8. The second kappa shape index (κ2) is 10.4. The molecule has 1 fully saturated rings. The van der Waals surface area contributed by atoms with Crippen LogP contribution in [0.3, 0.4) is 0 Å². The van der Waals surface area contributed by atoms with Gasteiger partial charge < -0.3 is 19.3 Å². The molecule has 1 unspecified atom stereocenters. The Morgan fingerprint density at radius 2 is 1.68 bits per heavy atom. The van der Waals surface area contributed by atoms with E-state index in [-0.39, 0.29) is 23.6 Å². The number of carbonyl (C=O) groups excluding carboxylic acids is 2. The molecule has 0 saturated carbocycles. The van der Waals surface area contributed by atoms with Gasteiger partial charge in [0.1, 0.15) is 5.60 Å². The van der Waals surface area contributed by atoms with Gasteiger partial charge in [-0.15, -0.1) is 0 Å². The van der Waals surface area contributed by atoms with Crippen LogP contribution in [0.25, 0.3) is 11.0 Å². The van der Waals surface area contributed by atoms with Crippen LogP contribution in [0.5, 0.6) is 0 Å². The number of carboxylic acid groups (broad SMARTS) is 1. The first-order valence-corrected chi connectivity index (χ1v) is 12.8. The predicted octanol–water partition coefficient (Wildman–Crippen LogP) is 5.27. The summed E-state index contributed by atoms with van der Waals surface area (Å²) >= 11 is 0. The number of pyridine rings is 1. The number of fused-ring (bicyclic) bond motifs is 1. The number of imidazole rings is 1. The zero-order valence-corrected chi connectivity index (χ0v) is 22.8. The average molecular weight is 522 g/mol. The highest BCUT2D eigenvalue weighted by atomic mass is 16.6. The zero-order chi connectivity index (χ0) is 27.8. The molecule has 2 N–H and O–H groups in total. The van der Waals surface area contributed by atoms with E-state index in [0.717, 1.165) is 41.7 Å². The van der Waals surface area contributed by atoms with Crippen molar-refractivity contribution in [3.05, 3.63) is 52.3 Å². The molecule has 2 amide bonds. The Kier molecular flexibility index (Phi) is 7.44. The lowest BCUT2D eigenvalue weighted by molar-refractivity contribution is 0.0237. The van der Waals surface area contributed by atoms with Crippen molar-refractivity contribution >= 4 is 35.0 Å². The van der Waals surface area contributed by atoms with Crippen LogP contribution in [0.4, 0.5) is 10.7 Å². The summed E-state index contributed by atoms with van der Waals surface area (Å²) in [7, 11) is 0. The zero-order valence-electron chi connectivity index (χ0n) is 22.8. The first-order chi connectivity index (χ1) is 17.8. The van der Waals surface area contributed by atoms with E-state index in [1.165, 1.54) is 6.07 Å². The number of aromatic carboxylic acids is 1. The van der Waals surface area contributed by atoms with Gasteiger partial charge >= 0.3 is 12.1 Å². The van der Waals surface area contributed by atoms with Gasteiger partial charge in [0.05, 0.1) is 22.6 Å². The molecule has 0 spiro atoms. The van der Waals surface area contributed by atoms with Crippen molar-refractivity contribution in [2.24, 2.45) is 0 Å². The van der Waals surface area contributed by atoms with Gasteiger partial charge in [-0.25, -0.2) is 14.6 Å². The highest BCUT2D eigenvalue weighted by Crippen LogP contribution is 2.33. The van der Waals surface area contributed by atoms with E-state index in [1.54, 1.807) is 23.1 Å². The first-order valence-electron chi connectivity index (χ1n) is 12.8. The van der Waals surface area contributed by atoms with Crippen molar-refractivity contribution in [1.82, 2.24) is 19.4 Å². The fourth-order valence-corrected chi connectivity index (χ4v) is 4.96. The van der Waals surface area contributed by atoms with E-state index in [2.05, 4.69) is 15.3 Å². The van der Waals surface area contributed by atoms with E-state index < -0.39 is 11.6 Å². The van der Waals surface area contributed by atoms with Crippen LogP contribution in [0, 0.1) is 20.8 Å². The van der Waals surface area contributed by atoms with Crippen LogP contribution >= 0.6 is 0 Å². The minimum absolute atomic E-state index is 0.120. The summed E-state index contributed by atoms with van der Waals surface area (Å²) in [5, 5.41) is 12.5. The number of nitrogens with zero attached hydrogens (tertiary/aromatic N) is 4. The van der Waals surface area contributed by atoms with Gasteiger partial charge in [0.2, 0.25) is 5.95 Å². The maximum atomic E-state index is 13.3. The lowest BCUT2D eigenvalue weighted by Crippen LogP contribution is -2.39. The van der Waals surface area contributed by atoms with E-state index in [1.807, 2.05) is 46.1 Å². The Morgan fingerprint density at radius 3 is 2.32 bits per heavy atom. The molecule has 3 aromatic rings. The summed E-state index contributed by atoms with van der Waals surface area (Å²) in [6.45, 7) is 11.9. The quantitative estimate of drug-likeness (QED) is 0.479. The van der Waals surface area contributed by atoms with Crippen LogP contribution in [0.1, 0.15) is 83.7 Å². The summed E-state index contributed by atoms with van der Waals surface area (Å²) < 4.78 is 7.59. The van der Waals surface area contributed by atoms with Crippen LogP contribution in [0.15, 0.2) is 24.3 Å². The maximum absolute atomic E-state index is 13.3. The first kappa shape index (κ1) is 27.1. The summed E-state index contributed by atoms with van der Waals surface area (Å²) in [6.07, 6.45) is 2.06. The lowest BCUT2D eigenvalue weighted by Gasteiger charge is -2.29. The van der Waals surface area contributed by atoms with Crippen molar-refractivity contribution in [2.45, 2.75) is 72.4 Å². The number of rotatable bonds is 4. The van der Waals surface area contributed by atoms with Crippen molar-refractivity contribution < 1.29 is 24.2 Å². The third-order valence-electron chi connectivity index (χ3n) is 6.46. The number of aryl methyl sites for hydroxylation is 3. The monoisotopic (exact) mass is 521 g/mol. The van der Waals surface area contributed by atoms with Crippen LogP contribution in [0.2, 0.25) is 0 Å².